The molecule has 0 radical (unpaired) electrons. The molecule has 0 heteroatoms. The van der Waals surface area contributed by atoms with Crippen LogP contribution in [0.5, 0.6) is 0 Å². The minimum absolute atomic E-state index is 1.22. The van der Waals surface area contributed by atoms with E-state index in [1.807, 2.05) is 32.1 Å². The molecule has 0 saturated heterocycles. The van der Waals surface area contributed by atoms with Crippen molar-refractivity contribution < 1.29 is 0 Å². The van der Waals surface area contributed by atoms with Crippen molar-refractivity contribution in [2.75, 3.05) is 0 Å². The monoisotopic (exact) mass is 174 g/mol. The number of rotatable bonds is 4. The molecule has 0 aliphatic carbocycles. The molecule has 0 aromatic carbocycles. The third-order valence-corrected chi connectivity index (χ3v) is 1.77. The molecule has 0 nitrogen and oxygen atoms in total. The number of allylic oxidation sites excluding steroid dienone is 9. The molecule has 0 amide bonds. The van der Waals surface area contributed by atoms with Gasteiger partial charge >= 0.3 is 0 Å². The van der Waals surface area contributed by atoms with E-state index in [1.54, 1.807) is 6.08 Å². The molecule has 0 rings (SSSR count). The predicted octanol–water partition coefficient (Wildman–Crippen LogP) is 4.20. The Kier molecular flexibility index (Phi) is 6.62. The minimum Gasteiger partial charge on any atom is -0.0991 e. The second-order valence-electron chi connectivity index (χ2n) is 2.71. The summed E-state index contributed by atoms with van der Waals surface area (Å²) in [5, 5.41) is 0. The fourth-order valence-corrected chi connectivity index (χ4v) is 0.857. The summed E-state index contributed by atoms with van der Waals surface area (Å²) in [5.74, 6) is 0. The maximum absolute atomic E-state index is 3.65. The topological polar surface area (TPSA) is 0 Å². The fourth-order valence-electron chi connectivity index (χ4n) is 0.857. The van der Waals surface area contributed by atoms with Crippen LogP contribution in [0, 0.1) is 0 Å². The van der Waals surface area contributed by atoms with Crippen molar-refractivity contribution in [3.8, 4) is 0 Å². The standard InChI is InChI=1S/C13H18/c1-5-8-10-13(11-9-6-2)12(4)7-3/h5-11H,1H2,2-4H3/b9-6-,10-8-,12-7-,13-11-. The van der Waals surface area contributed by atoms with E-state index in [0.29, 0.717) is 0 Å². The van der Waals surface area contributed by atoms with Gasteiger partial charge in [-0.15, -0.1) is 0 Å². The van der Waals surface area contributed by atoms with Crippen LogP contribution in [0.3, 0.4) is 0 Å². The highest BCUT2D eigenvalue weighted by Gasteiger charge is 1.90. The van der Waals surface area contributed by atoms with Gasteiger partial charge in [-0.2, -0.15) is 0 Å². The zero-order valence-corrected chi connectivity index (χ0v) is 8.75. The Labute approximate surface area is 81.7 Å². The van der Waals surface area contributed by atoms with Crippen molar-refractivity contribution in [3.05, 3.63) is 60.3 Å². The lowest BCUT2D eigenvalue weighted by molar-refractivity contribution is 1.39. The third-order valence-electron chi connectivity index (χ3n) is 1.77. The molecule has 0 spiro atoms. The van der Waals surface area contributed by atoms with E-state index in [4.69, 9.17) is 0 Å². The summed E-state index contributed by atoms with van der Waals surface area (Å²) in [7, 11) is 0. The van der Waals surface area contributed by atoms with Crippen LogP contribution in [0.2, 0.25) is 0 Å². The SMILES string of the molecule is C=C\C=C/C(=C/C=C\C)C(/C)=C\C. The first kappa shape index (κ1) is 11.7. The Morgan fingerprint density at radius 2 is 1.85 bits per heavy atom. The summed E-state index contributed by atoms with van der Waals surface area (Å²) in [6, 6.07) is 0. The minimum atomic E-state index is 1.22. The zero-order chi connectivity index (χ0) is 10.1. The van der Waals surface area contributed by atoms with Gasteiger partial charge in [0.1, 0.15) is 0 Å². The van der Waals surface area contributed by atoms with Gasteiger partial charge in [0.15, 0.2) is 0 Å². The van der Waals surface area contributed by atoms with Crippen LogP contribution in [0.4, 0.5) is 0 Å². The third kappa shape index (κ3) is 5.02. The van der Waals surface area contributed by atoms with Crippen LogP contribution >= 0.6 is 0 Å². The van der Waals surface area contributed by atoms with Crippen LogP contribution < -0.4 is 0 Å². The highest BCUT2D eigenvalue weighted by molar-refractivity contribution is 5.41. The molecule has 0 aliphatic rings. The van der Waals surface area contributed by atoms with Crippen LogP contribution in [-0.4, -0.2) is 0 Å². The normalized spacial score (nSPS) is 14.4. The molecule has 0 fully saturated rings. The van der Waals surface area contributed by atoms with Crippen molar-refractivity contribution >= 4 is 0 Å². The van der Waals surface area contributed by atoms with Crippen molar-refractivity contribution in [1.29, 1.82) is 0 Å². The van der Waals surface area contributed by atoms with Crippen LogP contribution in [0.25, 0.3) is 0 Å². The maximum Gasteiger partial charge on any atom is -0.0231 e. The van der Waals surface area contributed by atoms with Crippen molar-refractivity contribution in [2.24, 2.45) is 0 Å². The first-order chi connectivity index (χ1) is 6.26. The summed E-state index contributed by atoms with van der Waals surface area (Å²) >= 11 is 0. The van der Waals surface area contributed by atoms with E-state index < -0.39 is 0 Å². The molecule has 70 valence electrons. The Morgan fingerprint density at radius 3 is 2.31 bits per heavy atom. The van der Waals surface area contributed by atoms with Crippen molar-refractivity contribution in [1.82, 2.24) is 0 Å². The average molecular weight is 174 g/mol. The van der Waals surface area contributed by atoms with E-state index in [9.17, 15) is 0 Å². The van der Waals surface area contributed by atoms with Gasteiger partial charge in [0.2, 0.25) is 0 Å². The van der Waals surface area contributed by atoms with Gasteiger partial charge in [-0.3, -0.25) is 0 Å². The molecular formula is C13H18. The van der Waals surface area contributed by atoms with Crippen molar-refractivity contribution in [3.63, 3.8) is 0 Å². The van der Waals surface area contributed by atoms with Gasteiger partial charge in [-0.05, 0) is 31.9 Å². The second-order valence-corrected chi connectivity index (χ2v) is 2.71. The molecule has 0 heterocycles. The summed E-state index contributed by atoms with van der Waals surface area (Å²) in [6.45, 7) is 9.80. The van der Waals surface area contributed by atoms with Gasteiger partial charge < -0.3 is 0 Å². The molecule has 0 saturated carbocycles. The van der Waals surface area contributed by atoms with Crippen LogP contribution in [-0.2, 0) is 0 Å². The zero-order valence-electron chi connectivity index (χ0n) is 8.75. The highest BCUT2D eigenvalue weighted by atomic mass is 14.0. The summed E-state index contributed by atoms with van der Waals surface area (Å²) in [5.41, 5.74) is 2.50. The number of hydrogen-bond donors (Lipinski definition) is 0. The van der Waals surface area contributed by atoms with Crippen molar-refractivity contribution in [2.45, 2.75) is 20.8 Å². The molecule has 0 aromatic rings. The maximum atomic E-state index is 3.65. The van der Waals surface area contributed by atoms with Crippen LogP contribution in [0.1, 0.15) is 20.8 Å². The molecule has 0 atom stereocenters. The smallest absolute Gasteiger partial charge is 0.0231 e. The van der Waals surface area contributed by atoms with E-state index in [-0.39, 0.29) is 0 Å². The largest absolute Gasteiger partial charge is 0.0991 e. The predicted molar refractivity (Wildman–Crippen MR) is 61.7 cm³/mol. The highest BCUT2D eigenvalue weighted by Crippen LogP contribution is 2.10. The first-order valence-electron chi connectivity index (χ1n) is 4.51. The van der Waals surface area contributed by atoms with E-state index in [2.05, 4.69) is 31.7 Å². The summed E-state index contributed by atoms with van der Waals surface area (Å²) < 4.78 is 0. The lowest BCUT2D eigenvalue weighted by Crippen LogP contribution is -1.79. The summed E-state index contributed by atoms with van der Waals surface area (Å²) in [6.07, 6.45) is 14.0. The van der Waals surface area contributed by atoms with E-state index in [1.165, 1.54) is 11.1 Å². The van der Waals surface area contributed by atoms with Gasteiger partial charge in [0.25, 0.3) is 0 Å². The Hall–Kier alpha value is -1.30. The molecule has 0 unspecified atom stereocenters. The quantitative estimate of drug-likeness (QED) is 0.560. The second kappa shape index (κ2) is 7.35. The van der Waals surface area contributed by atoms with E-state index >= 15 is 0 Å². The molecule has 0 bridgehead atoms. The Bertz CT molecular complexity index is 260. The fraction of sp³-hybridized carbons (Fsp3) is 0.231. The Morgan fingerprint density at radius 1 is 1.15 bits per heavy atom. The van der Waals surface area contributed by atoms with Gasteiger partial charge in [0, 0.05) is 0 Å². The molecule has 0 aliphatic heterocycles. The molecule has 0 N–H and O–H groups in total. The van der Waals surface area contributed by atoms with Gasteiger partial charge in [0.05, 0.1) is 0 Å². The van der Waals surface area contributed by atoms with Crippen LogP contribution in [0.15, 0.2) is 60.3 Å². The molecular weight excluding hydrogens is 156 g/mol. The lowest BCUT2D eigenvalue weighted by atomic mass is 10.1. The van der Waals surface area contributed by atoms with E-state index in [0.717, 1.165) is 0 Å². The van der Waals surface area contributed by atoms with Gasteiger partial charge in [-0.25, -0.2) is 0 Å². The average Bonchev–Trinajstić information content (AvgIpc) is 2.17. The lowest BCUT2D eigenvalue weighted by Gasteiger charge is -1.99. The van der Waals surface area contributed by atoms with Gasteiger partial charge in [-0.1, -0.05) is 49.1 Å². The first-order valence-corrected chi connectivity index (χ1v) is 4.51. The summed E-state index contributed by atoms with van der Waals surface area (Å²) in [4.78, 5) is 0. The Balaban J connectivity index is 4.74. The molecule has 0 aromatic heterocycles. The number of hydrogen-bond acceptors (Lipinski definition) is 0. The molecule has 13 heavy (non-hydrogen) atoms.